The number of hydrogen-bond acceptors (Lipinski definition) is 9. The number of carbonyl (C=O) groups excluding carboxylic acids is 1. The zero-order valence-electron chi connectivity index (χ0n) is 18.9. The molecule has 0 spiro atoms. The molecule has 34 heavy (non-hydrogen) atoms. The first-order chi connectivity index (χ1) is 16.5. The Morgan fingerprint density at radius 3 is 2.65 bits per heavy atom. The van der Waals surface area contributed by atoms with Crippen LogP contribution in [0.25, 0.3) is 11.3 Å². The van der Waals surface area contributed by atoms with Gasteiger partial charge in [0.1, 0.15) is 11.6 Å². The monoisotopic (exact) mass is 476 g/mol. The minimum atomic E-state index is -0.285. The SMILES string of the molecule is CNC(=O)c1cnc(Nc2cc(CO)ccn2)cc1Nc1cccc(-c2csc(C)n2)c1OC. The molecule has 0 radical (unpaired) electrons. The van der Waals surface area contributed by atoms with Crippen LogP contribution in [0.5, 0.6) is 5.75 Å². The number of para-hydroxylation sites is 1. The second kappa shape index (κ2) is 10.3. The van der Waals surface area contributed by atoms with E-state index in [1.165, 1.54) is 6.20 Å². The van der Waals surface area contributed by atoms with E-state index >= 15 is 0 Å². The molecule has 3 heterocycles. The number of nitrogens with zero attached hydrogens (tertiary/aromatic N) is 3. The first kappa shape index (κ1) is 23.1. The number of thiazole rings is 1. The van der Waals surface area contributed by atoms with E-state index in [1.54, 1.807) is 49.9 Å². The van der Waals surface area contributed by atoms with E-state index in [4.69, 9.17) is 4.74 Å². The summed E-state index contributed by atoms with van der Waals surface area (Å²) < 4.78 is 5.73. The first-order valence-electron chi connectivity index (χ1n) is 10.4. The normalized spacial score (nSPS) is 10.6. The van der Waals surface area contributed by atoms with Crippen molar-refractivity contribution in [1.29, 1.82) is 0 Å². The molecule has 3 aromatic heterocycles. The number of pyridine rings is 2. The highest BCUT2D eigenvalue weighted by Gasteiger charge is 2.17. The maximum Gasteiger partial charge on any atom is 0.254 e. The van der Waals surface area contributed by atoms with E-state index in [2.05, 4.69) is 30.9 Å². The van der Waals surface area contributed by atoms with Crippen molar-refractivity contribution in [3.05, 3.63) is 70.3 Å². The third kappa shape index (κ3) is 4.98. The van der Waals surface area contributed by atoms with Crippen molar-refractivity contribution in [2.45, 2.75) is 13.5 Å². The summed E-state index contributed by atoms with van der Waals surface area (Å²) in [7, 11) is 3.16. The topological polar surface area (TPSA) is 121 Å². The Labute approximate surface area is 200 Å². The molecule has 1 amide bonds. The summed E-state index contributed by atoms with van der Waals surface area (Å²) in [5.74, 6) is 1.32. The number of anilines is 4. The van der Waals surface area contributed by atoms with Crippen molar-refractivity contribution >= 4 is 40.3 Å². The van der Waals surface area contributed by atoms with Gasteiger partial charge in [-0.3, -0.25) is 4.79 Å². The van der Waals surface area contributed by atoms with Gasteiger partial charge in [0.25, 0.3) is 5.91 Å². The summed E-state index contributed by atoms with van der Waals surface area (Å²) >= 11 is 1.56. The number of aromatic nitrogens is 3. The van der Waals surface area contributed by atoms with Crippen LogP contribution in [0.15, 0.2) is 54.2 Å². The number of ether oxygens (including phenoxy) is 1. The molecule has 0 bridgehead atoms. The molecule has 0 fully saturated rings. The number of amides is 1. The van der Waals surface area contributed by atoms with Gasteiger partial charge in [-0.15, -0.1) is 11.3 Å². The molecular weight excluding hydrogens is 452 g/mol. The van der Waals surface area contributed by atoms with E-state index in [1.807, 2.05) is 30.5 Å². The Hall–Kier alpha value is -4.02. The van der Waals surface area contributed by atoms with Gasteiger partial charge in [0.05, 0.1) is 41.4 Å². The molecule has 0 saturated heterocycles. The summed E-state index contributed by atoms with van der Waals surface area (Å²) in [6.07, 6.45) is 3.09. The first-order valence-corrected chi connectivity index (χ1v) is 11.3. The molecule has 0 aliphatic heterocycles. The van der Waals surface area contributed by atoms with Gasteiger partial charge in [-0.25, -0.2) is 15.0 Å². The highest BCUT2D eigenvalue weighted by molar-refractivity contribution is 7.09. The predicted octanol–water partition coefficient (Wildman–Crippen LogP) is 4.26. The number of benzene rings is 1. The lowest BCUT2D eigenvalue weighted by atomic mass is 10.1. The number of carbonyl (C=O) groups is 1. The minimum absolute atomic E-state index is 0.0955. The number of nitrogens with one attached hydrogen (secondary N) is 3. The van der Waals surface area contributed by atoms with Gasteiger partial charge in [-0.05, 0) is 36.8 Å². The van der Waals surface area contributed by atoms with Gasteiger partial charge in [0, 0.05) is 36.5 Å². The minimum Gasteiger partial charge on any atom is -0.494 e. The lowest BCUT2D eigenvalue weighted by molar-refractivity contribution is 0.0963. The Bertz CT molecular complexity index is 1320. The van der Waals surface area contributed by atoms with E-state index in [-0.39, 0.29) is 12.5 Å². The number of aliphatic hydroxyl groups is 1. The molecule has 4 rings (SSSR count). The molecule has 1 aromatic carbocycles. The Balaban J connectivity index is 1.72. The van der Waals surface area contributed by atoms with Gasteiger partial charge < -0.3 is 25.8 Å². The summed E-state index contributed by atoms with van der Waals surface area (Å²) in [6, 6.07) is 10.9. The van der Waals surface area contributed by atoms with Crippen LogP contribution >= 0.6 is 11.3 Å². The van der Waals surface area contributed by atoms with Gasteiger partial charge in [0.2, 0.25) is 0 Å². The molecule has 0 aliphatic carbocycles. The van der Waals surface area contributed by atoms with Crippen molar-refractivity contribution in [2.75, 3.05) is 24.8 Å². The fourth-order valence-corrected chi connectivity index (χ4v) is 4.02. The fraction of sp³-hybridized carbons (Fsp3) is 0.167. The van der Waals surface area contributed by atoms with Crippen molar-refractivity contribution < 1.29 is 14.6 Å². The lowest BCUT2D eigenvalue weighted by Crippen LogP contribution is -2.19. The highest BCUT2D eigenvalue weighted by Crippen LogP contribution is 2.39. The maximum absolute atomic E-state index is 12.5. The molecule has 4 aromatic rings. The third-order valence-electron chi connectivity index (χ3n) is 5.02. The van der Waals surface area contributed by atoms with E-state index in [0.717, 1.165) is 21.8 Å². The Kier molecular flexibility index (Phi) is 7.00. The van der Waals surface area contributed by atoms with Crippen LogP contribution in [-0.4, -0.2) is 40.1 Å². The van der Waals surface area contributed by atoms with Crippen LogP contribution in [0.3, 0.4) is 0 Å². The highest BCUT2D eigenvalue weighted by atomic mass is 32.1. The summed E-state index contributed by atoms with van der Waals surface area (Å²) in [5.41, 5.74) is 3.95. The molecule has 0 saturated carbocycles. The molecule has 4 N–H and O–H groups in total. The van der Waals surface area contributed by atoms with E-state index < -0.39 is 0 Å². The molecule has 0 atom stereocenters. The van der Waals surface area contributed by atoms with Crippen LogP contribution in [0.1, 0.15) is 20.9 Å². The zero-order valence-corrected chi connectivity index (χ0v) is 19.7. The largest absolute Gasteiger partial charge is 0.494 e. The average Bonchev–Trinajstić information content (AvgIpc) is 3.29. The second-order valence-electron chi connectivity index (χ2n) is 7.29. The van der Waals surface area contributed by atoms with Crippen molar-refractivity contribution in [2.24, 2.45) is 0 Å². The van der Waals surface area contributed by atoms with Crippen molar-refractivity contribution in [1.82, 2.24) is 20.3 Å². The number of aryl methyl sites for hydroxylation is 1. The number of aliphatic hydroxyl groups excluding tert-OH is 1. The molecular formula is C24H24N6O3S. The van der Waals surface area contributed by atoms with Gasteiger partial charge in [0.15, 0.2) is 5.75 Å². The third-order valence-corrected chi connectivity index (χ3v) is 5.80. The number of rotatable bonds is 8. The lowest BCUT2D eigenvalue weighted by Gasteiger charge is -2.17. The predicted molar refractivity (Wildman–Crippen MR) is 133 cm³/mol. The molecule has 174 valence electrons. The number of methoxy groups -OCH3 is 1. The standard InChI is InChI=1S/C24H24N6O3S/c1-14-28-20(13-34-14)16-5-4-6-18(23(16)33-3)29-19-10-22(27-11-17(19)24(32)25-2)30-21-9-15(12-31)7-8-26-21/h4-11,13,31H,12H2,1-3H3,(H,25,32)(H2,26,27,29,30). The van der Waals surface area contributed by atoms with E-state index in [0.29, 0.717) is 34.3 Å². The summed E-state index contributed by atoms with van der Waals surface area (Å²) in [5, 5.41) is 21.4. The van der Waals surface area contributed by atoms with Crippen LogP contribution in [0.4, 0.5) is 23.0 Å². The second-order valence-corrected chi connectivity index (χ2v) is 8.35. The van der Waals surface area contributed by atoms with Crippen LogP contribution in [-0.2, 0) is 6.61 Å². The maximum atomic E-state index is 12.5. The smallest absolute Gasteiger partial charge is 0.254 e. The molecule has 0 aliphatic rings. The summed E-state index contributed by atoms with van der Waals surface area (Å²) in [6.45, 7) is 1.86. The van der Waals surface area contributed by atoms with Gasteiger partial charge in [-0.1, -0.05) is 6.07 Å². The van der Waals surface area contributed by atoms with Crippen molar-refractivity contribution in [3.8, 4) is 17.0 Å². The quantitative estimate of drug-likeness (QED) is 0.298. The van der Waals surface area contributed by atoms with Gasteiger partial charge >= 0.3 is 0 Å². The number of hydrogen-bond donors (Lipinski definition) is 4. The van der Waals surface area contributed by atoms with Crippen molar-refractivity contribution in [3.63, 3.8) is 0 Å². The molecule has 10 heteroatoms. The Morgan fingerprint density at radius 2 is 1.94 bits per heavy atom. The van der Waals surface area contributed by atoms with Crippen LogP contribution in [0, 0.1) is 6.92 Å². The average molecular weight is 477 g/mol. The molecule has 9 nitrogen and oxygen atoms in total. The van der Waals surface area contributed by atoms with E-state index in [9.17, 15) is 9.90 Å². The molecule has 0 unspecified atom stereocenters. The van der Waals surface area contributed by atoms with Gasteiger partial charge in [-0.2, -0.15) is 0 Å². The fourth-order valence-electron chi connectivity index (χ4n) is 3.40. The zero-order chi connectivity index (χ0) is 24.1. The Morgan fingerprint density at radius 1 is 1.12 bits per heavy atom. The van der Waals surface area contributed by atoms with Crippen LogP contribution in [0.2, 0.25) is 0 Å². The summed E-state index contributed by atoms with van der Waals surface area (Å²) in [4.78, 5) is 25.7. The van der Waals surface area contributed by atoms with Crippen LogP contribution < -0.4 is 20.7 Å².